The fourth-order valence-electron chi connectivity index (χ4n) is 4.84. The summed E-state index contributed by atoms with van der Waals surface area (Å²) >= 11 is 0. The maximum atomic E-state index is 6.03. The minimum Gasteiger partial charge on any atom is -0.487 e. The molecule has 0 saturated carbocycles. The molecule has 3 aliphatic heterocycles. The summed E-state index contributed by atoms with van der Waals surface area (Å²) in [6, 6.07) is 7.10. The molecule has 5 rings (SSSR count). The van der Waals surface area contributed by atoms with E-state index in [2.05, 4.69) is 57.0 Å². The summed E-state index contributed by atoms with van der Waals surface area (Å²) in [6.45, 7) is 9.41. The molecule has 1 atom stereocenters. The van der Waals surface area contributed by atoms with E-state index in [1.54, 1.807) is 0 Å². The van der Waals surface area contributed by atoms with E-state index in [0.29, 0.717) is 6.04 Å². The molecule has 1 saturated heterocycles. The minimum absolute atomic E-state index is 0.0791. The Morgan fingerprint density at radius 2 is 2.15 bits per heavy atom. The van der Waals surface area contributed by atoms with Crippen LogP contribution in [0.1, 0.15) is 55.5 Å². The highest BCUT2D eigenvalue weighted by atomic mass is 16.5. The van der Waals surface area contributed by atoms with Gasteiger partial charge in [-0.15, -0.1) is 10.2 Å². The zero-order valence-electron chi connectivity index (χ0n) is 16.4. The molecule has 0 amide bonds. The van der Waals surface area contributed by atoms with Crippen molar-refractivity contribution >= 4 is 0 Å². The molecule has 2 aromatic rings. The van der Waals surface area contributed by atoms with Crippen molar-refractivity contribution in [3.05, 3.63) is 41.0 Å². The van der Waals surface area contributed by atoms with E-state index in [4.69, 9.17) is 4.74 Å². The fourth-order valence-corrected chi connectivity index (χ4v) is 4.84. The van der Waals surface area contributed by atoms with Crippen LogP contribution in [0.15, 0.2) is 18.2 Å². The molecule has 3 aliphatic rings. The number of hydrogen-bond acceptors (Lipinski definition) is 5. The zero-order chi connectivity index (χ0) is 18.4. The standard InChI is InChI=1S/C21H29N5O/c1-21(2)13-16-12-15(5-6-18(16)27-21)14-25-10-3-4-17(25)20-24-23-19-7-8-22-9-11-26(19)20/h5-6,12,17,22H,3-4,7-11,13-14H2,1-2H3/t17-/m1/s1. The first-order chi connectivity index (χ1) is 13.1. The molecule has 1 aromatic heterocycles. The topological polar surface area (TPSA) is 55.2 Å². The lowest BCUT2D eigenvalue weighted by atomic mass is 10.00. The van der Waals surface area contributed by atoms with Gasteiger partial charge in [-0.3, -0.25) is 4.90 Å². The Morgan fingerprint density at radius 1 is 1.22 bits per heavy atom. The van der Waals surface area contributed by atoms with Crippen molar-refractivity contribution in [1.29, 1.82) is 0 Å². The zero-order valence-corrected chi connectivity index (χ0v) is 16.4. The Morgan fingerprint density at radius 3 is 3.07 bits per heavy atom. The van der Waals surface area contributed by atoms with Crippen molar-refractivity contribution in [3.63, 3.8) is 0 Å². The van der Waals surface area contributed by atoms with Crippen LogP contribution in [-0.2, 0) is 25.9 Å². The van der Waals surface area contributed by atoms with E-state index in [1.807, 2.05) is 0 Å². The second-order valence-electron chi connectivity index (χ2n) is 8.74. The quantitative estimate of drug-likeness (QED) is 0.903. The van der Waals surface area contributed by atoms with E-state index in [0.717, 1.165) is 63.0 Å². The summed E-state index contributed by atoms with van der Waals surface area (Å²) in [7, 11) is 0. The number of hydrogen-bond donors (Lipinski definition) is 1. The van der Waals surface area contributed by atoms with Crippen LogP contribution >= 0.6 is 0 Å². The lowest BCUT2D eigenvalue weighted by Crippen LogP contribution is -2.26. The fraction of sp³-hybridized carbons (Fsp3) is 0.619. The third-order valence-corrected chi connectivity index (χ3v) is 6.07. The molecule has 144 valence electrons. The summed E-state index contributed by atoms with van der Waals surface area (Å²) < 4.78 is 8.40. The van der Waals surface area contributed by atoms with Crippen molar-refractivity contribution in [3.8, 4) is 5.75 Å². The molecule has 0 spiro atoms. The van der Waals surface area contributed by atoms with Gasteiger partial charge in [-0.1, -0.05) is 12.1 Å². The summed E-state index contributed by atoms with van der Waals surface area (Å²) in [4.78, 5) is 2.58. The van der Waals surface area contributed by atoms with Gasteiger partial charge in [0.15, 0.2) is 0 Å². The maximum Gasteiger partial charge on any atom is 0.150 e. The molecule has 1 fully saturated rings. The molecule has 0 radical (unpaired) electrons. The Balaban J connectivity index is 1.37. The Hall–Kier alpha value is -1.92. The number of fused-ring (bicyclic) bond motifs is 2. The number of nitrogens with zero attached hydrogens (tertiary/aromatic N) is 4. The van der Waals surface area contributed by atoms with Gasteiger partial charge in [0.05, 0.1) is 6.04 Å². The van der Waals surface area contributed by atoms with E-state index in [9.17, 15) is 0 Å². The SMILES string of the molecule is CC1(C)Cc2cc(CN3CCC[C@@H]3c3nnc4n3CCNCC4)ccc2O1. The summed E-state index contributed by atoms with van der Waals surface area (Å²) in [5.41, 5.74) is 2.64. The second-order valence-corrected chi connectivity index (χ2v) is 8.74. The highest BCUT2D eigenvalue weighted by Gasteiger charge is 2.33. The molecule has 0 aliphatic carbocycles. The molecular formula is C21H29N5O. The van der Waals surface area contributed by atoms with Crippen LogP contribution in [0, 0.1) is 0 Å². The number of ether oxygens (including phenoxy) is 1. The first-order valence-electron chi connectivity index (χ1n) is 10.3. The van der Waals surface area contributed by atoms with Crippen LogP contribution in [-0.4, -0.2) is 44.9 Å². The highest BCUT2D eigenvalue weighted by molar-refractivity contribution is 5.41. The monoisotopic (exact) mass is 367 g/mol. The normalized spacial score (nSPS) is 24.3. The largest absolute Gasteiger partial charge is 0.487 e. The van der Waals surface area contributed by atoms with Gasteiger partial charge in [-0.25, -0.2) is 0 Å². The Labute approximate surface area is 160 Å². The van der Waals surface area contributed by atoms with Gasteiger partial charge < -0.3 is 14.6 Å². The van der Waals surface area contributed by atoms with Gasteiger partial charge in [0.25, 0.3) is 0 Å². The van der Waals surface area contributed by atoms with E-state index >= 15 is 0 Å². The van der Waals surface area contributed by atoms with Gasteiger partial charge in [0, 0.05) is 39.0 Å². The number of aromatic nitrogens is 3. The summed E-state index contributed by atoms with van der Waals surface area (Å²) in [6.07, 6.45) is 4.36. The van der Waals surface area contributed by atoms with E-state index < -0.39 is 0 Å². The third-order valence-electron chi connectivity index (χ3n) is 6.07. The van der Waals surface area contributed by atoms with Crippen LogP contribution < -0.4 is 10.1 Å². The minimum atomic E-state index is -0.0791. The highest BCUT2D eigenvalue weighted by Crippen LogP contribution is 2.37. The average Bonchev–Trinajstić information content (AvgIpc) is 3.26. The average molecular weight is 367 g/mol. The van der Waals surface area contributed by atoms with E-state index in [1.165, 1.54) is 24.0 Å². The smallest absolute Gasteiger partial charge is 0.150 e. The maximum absolute atomic E-state index is 6.03. The first-order valence-corrected chi connectivity index (χ1v) is 10.3. The van der Waals surface area contributed by atoms with Gasteiger partial charge >= 0.3 is 0 Å². The second kappa shape index (κ2) is 6.60. The lowest BCUT2D eigenvalue weighted by Gasteiger charge is -2.24. The predicted octanol–water partition coefficient (Wildman–Crippen LogP) is 2.47. The van der Waals surface area contributed by atoms with E-state index in [-0.39, 0.29) is 5.60 Å². The van der Waals surface area contributed by atoms with Crippen molar-refractivity contribution in [2.75, 3.05) is 19.6 Å². The van der Waals surface area contributed by atoms with Crippen LogP contribution in [0.25, 0.3) is 0 Å². The Kier molecular flexibility index (Phi) is 4.20. The molecule has 0 bridgehead atoms. The van der Waals surface area contributed by atoms with Gasteiger partial charge in [-0.05, 0) is 50.4 Å². The number of rotatable bonds is 3. The summed E-state index contributed by atoms with van der Waals surface area (Å²) in [5, 5.41) is 12.6. The molecule has 6 nitrogen and oxygen atoms in total. The molecule has 1 aromatic carbocycles. The molecule has 0 unspecified atom stereocenters. The van der Waals surface area contributed by atoms with Gasteiger partial charge in [0.1, 0.15) is 23.0 Å². The lowest BCUT2D eigenvalue weighted by molar-refractivity contribution is 0.138. The summed E-state index contributed by atoms with van der Waals surface area (Å²) in [5.74, 6) is 3.35. The van der Waals surface area contributed by atoms with Gasteiger partial charge in [0.2, 0.25) is 0 Å². The number of likely N-dealkylation sites (tertiary alicyclic amines) is 1. The number of benzene rings is 1. The van der Waals surface area contributed by atoms with Crippen molar-refractivity contribution in [2.24, 2.45) is 0 Å². The van der Waals surface area contributed by atoms with Crippen LogP contribution in [0.3, 0.4) is 0 Å². The van der Waals surface area contributed by atoms with Crippen LogP contribution in [0.2, 0.25) is 0 Å². The number of nitrogens with one attached hydrogen (secondary N) is 1. The molecule has 6 heteroatoms. The molecule has 1 N–H and O–H groups in total. The molecule has 27 heavy (non-hydrogen) atoms. The van der Waals surface area contributed by atoms with Crippen molar-refractivity contribution in [2.45, 2.75) is 64.3 Å². The van der Waals surface area contributed by atoms with Gasteiger partial charge in [-0.2, -0.15) is 0 Å². The van der Waals surface area contributed by atoms with Crippen molar-refractivity contribution in [1.82, 2.24) is 25.0 Å². The molecular weight excluding hydrogens is 338 g/mol. The first kappa shape index (κ1) is 17.2. The third kappa shape index (κ3) is 3.25. The Bertz CT molecular complexity index is 843. The van der Waals surface area contributed by atoms with Crippen molar-refractivity contribution < 1.29 is 4.74 Å². The molecule has 4 heterocycles. The van der Waals surface area contributed by atoms with Crippen LogP contribution in [0.5, 0.6) is 5.75 Å². The van der Waals surface area contributed by atoms with Crippen LogP contribution in [0.4, 0.5) is 0 Å². The predicted molar refractivity (Wildman–Crippen MR) is 104 cm³/mol.